The number of hydrogen-bond donors (Lipinski definition) is 3. The van der Waals surface area contributed by atoms with E-state index in [9.17, 15) is 4.79 Å². The highest BCUT2D eigenvalue weighted by atomic mass is 16.3. The summed E-state index contributed by atoms with van der Waals surface area (Å²) in [6.07, 6.45) is 3.94. The van der Waals surface area contributed by atoms with Gasteiger partial charge in [0.2, 0.25) is 0 Å². The molecule has 2 aromatic carbocycles. The Morgan fingerprint density at radius 2 is 2.00 bits per heavy atom. The molecular weight excluding hydrogens is 302 g/mol. The van der Waals surface area contributed by atoms with E-state index in [0.717, 1.165) is 11.3 Å². The van der Waals surface area contributed by atoms with Crippen LogP contribution < -0.4 is 10.6 Å². The Morgan fingerprint density at radius 3 is 2.71 bits per heavy atom. The zero-order valence-electron chi connectivity index (χ0n) is 13.2. The van der Waals surface area contributed by atoms with Crippen molar-refractivity contribution in [3.63, 3.8) is 0 Å². The van der Waals surface area contributed by atoms with E-state index in [1.54, 1.807) is 30.3 Å². The topological polar surface area (TPSA) is 85.2 Å². The Labute approximate surface area is 141 Å². The van der Waals surface area contributed by atoms with Crippen LogP contribution in [0, 0.1) is 11.3 Å². The van der Waals surface area contributed by atoms with Gasteiger partial charge in [-0.3, -0.25) is 4.79 Å². The van der Waals surface area contributed by atoms with Crippen molar-refractivity contribution in [1.29, 1.82) is 5.26 Å². The van der Waals surface area contributed by atoms with E-state index in [2.05, 4.69) is 16.7 Å². The number of nitrogens with one attached hydrogen (secondary N) is 2. The van der Waals surface area contributed by atoms with E-state index in [1.165, 1.54) is 0 Å². The normalized spacial score (nSPS) is 10.3. The van der Waals surface area contributed by atoms with E-state index >= 15 is 0 Å². The fraction of sp³-hybridized carbons (Fsp3) is 0.158. The molecule has 3 N–H and O–H groups in total. The summed E-state index contributed by atoms with van der Waals surface area (Å²) < 4.78 is 0. The van der Waals surface area contributed by atoms with Gasteiger partial charge < -0.3 is 15.7 Å². The zero-order valence-corrected chi connectivity index (χ0v) is 13.2. The molecule has 0 atom stereocenters. The molecule has 24 heavy (non-hydrogen) atoms. The van der Waals surface area contributed by atoms with Gasteiger partial charge in [0.05, 0.1) is 18.2 Å². The first-order valence-electron chi connectivity index (χ1n) is 7.62. The van der Waals surface area contributed by atoms with Gasteiger partial charge in [0.25, 0.3) is 5.91 Å². The van der Waals surface area contributed by atoms with Crippen LogP contribution in [0.1, 0.15) is 21.5 Å². The fourth-order valence-corrected chi connectivity index (χ4v) is 2.08. The van der Waals surface area contributed by atoms with Crippen LogP contribution in [0.3, 0.4) is 0 Å². The fourth-order valence-electron chi connectivity index (χ4n) is 2.08. The predicted molar refractivity (Wildman–Crippen MR) is 94.5 cm³/mol. The maximum Gasteiger partial charge on any atom is 0.251 e. The summed E-state index contributed by atoms with van der Waals surface area (Å²) in [5.41, 5.74) is 3.05. The van der Waals surface area contributed by atoms with Crippen LogP contribution in [0.15, 0.2) is 54.6 Å². The van der Waals surface area contributed by atoms with Gasteiger partial charge >= 0.3 is 0 Å². The highest BCUT2D eigenvalue weighted by Gasteiger charge is 2.04. The smallest absolute Gasteiger partial charge is 0.251 e. The lowest BCUT2D eigenvalue weighted by atomic mass is 10.1. The third-order valence-corrected chi connectivity index (χ3v) is 3.30. The van der Waals surface area contributed by atoms with Gasteiger partial charge in [-0.05, 0) is 35.9 Å². The molecule has 0 bridgehead atoms. The van der Waals surface area contributed by atoms with E-state index in [4.69, 9.17) is 10.4 Å². The Kier molecular flexibility index (Phi) is 6.57. The summed E-state index contributed by atoms with van der Waals surface area (Å²) in [6.45, 7) is 0.773. The van der Waals surface area contributed by atoms with Crippen LogP contribution in [-0.4, -0.2) is 30.7 Å². The second-order valence-electron chi connectivity index (χ2n) is 5.08. The maximum absolute atomic E-state index is 11.8. The van der Waals surface area contributed by atoms with Crippen LogP contribution in [0.25, 0.3) is 6.08 Å². The average molecular weight is 321 g/mol. The lowest BCUT2D eigenvalue weighted by Gasteiger charge is -2.07. The van der Waals surface area contributed by atoms with E-state index in [-0.39, 0.29) is 19.1 Å². The van der Waals surface area contributed by atoms with E-state index in [1.807, 2.05) is 30.4 Å². The molecule has 0 radical (unpaired) electrons. The summed E-state index contributed by atoms with van der Waals surface area (Å²) in [7, 11) is 0. The van der Waals surface area contributed by atoms with Crippen molar-refractivity contribution < 1.29 is 9.90 Å². The highest BCUT2D eigenvalue weighted by Crippen LogP contribution is 2.11. The molecule has 0 aliphatic heterocycles. The van der Waals surface area contributed by atoms with Gasteiger partial charge in [0.15, 0.2) is 0 Å². The number of aliphatic hydroxyl groups excluding tert-OH is 1. The molecule has 122 valence electrons. The number of benzene rings is 2. The lowest BCUT2D eigenvalue weighted by molar-refractivity contribution is 0.0945. The van der Waals surface area contributed by atoms with Crippen molar-refractivity contribution in [1.82, 2.24) is 5.32 Å². The summed E-state index contributed by atoms with van der Waals surface area (Å²) in [5.74, 6) is -0.208. The molecule has 2 rings (SSSR count). The summed E-state index contributed by atoms with van der Waals surface area (Å²) >= 11 is 0. The van der Waals surface area contributed by atoms with Crippen LogP contribution in [0.4, 0.5) is 5.69 Å². The molecule has 0 aliphatic rings. The maximum atomic E-state index is 11.8. The summed E-state index contributed by atoms with van der Waals surface area (Å²) in [5, 5.41) is 23.3. The number of aliphatic hydroxyl groups is 1. The molecule has 0 unspecified atom stereocenters. The number of nitriles is 1. The van der Waals surface area contributed by atoms with Crippen molar-refractivity contribution in [3.05, 3.63) is 71.3 Å². The lowest BCUT2D eigenvalue weighted by Crippen LogP contribution is -2.26. The monoisotopic (exact) mass is 321 g/mol. The van der Waals surface area contributed by atoms with Gasteiger partial charge in [0, 0.05) is 24.3 Å². The van der Waals surface area contributed by atoms with Gasteiger partial charge in [-0.15, -0.1) is 0 Å². The Bertz CT molecular complexity index is 746. The molecule has 0 fully saturated rings. The molecule has 5 nitrogen and oxygen atoms in total. The van der Waals surface area contributed by atoms with E-state index in [0.29, 0.717) is 17.7 Å². The van der Waals surface area contributed by atoms with Gasteiger partial charge in [-0.2, -0.15) is 5.26 Å². The quantitative estimate of drug-likeness (QED) is 0.731. The first-order valence-corrected chi connectivity index (χ1v) is 7.62. The van der Waals surface area contributed by atoms with Crippen LogP contribution in [0.2, 0.25) is 0 Å². The third kappa shape index (κ3) is 5.27. The molecule has 0 aromatic heterocycles. The molecule has 0 spiro atoms. The number of rotatable bonds is 7. The molecule has 0 saturated heterocycles. The Balaban J connectivity index is 1.88. The summed E-state index contributed by atoms with van der Waals surface area (Å²) in [4.78, 5) is 11.8. The predicted octanol–water partition coefficient (Wildman–Crippen LogP) is 2.41. The van der Waals surface area contributed by atoms with Crippen molar-refractivity contribution in [3.8, 4) is 6.07 Å². The minimum absolute atomic E-state index is 0.0795. The highest BCUT2D eigenvalue weighted by molar-refractivity contribution is 5.95. The molecular formula is C19H19N3O2. The molecule has 0 aliphatic carbocycles. The minimum atomic E-state index is -0.208. The van der Waals surface area contributed by atoms with Gasteiger partial charge in [-0.1, -0.05) is 30.4 Å². The Morgan fingerprint density at radius 1 is 1.21 bits per heavy atom. The Hall–Kier alpha value is -3.10. The SMILES string of the molecule is N#Cc1ccc(/C=C/CNc2cccc(C(=O)NCCO)c2)cc1. The van der Waals surface area contributed by atoms with Crippen molar-refractivity contribution >= 4 is 17.7 Å². The first-order chi connectivity index (χ1) is 11.7. The van der Waals surface area contributed by atoms with Gasteiger partial charge in [0.1, 0.15) is 0 Å². The van der Waals surface area contributed by atoms with Crippen LogP contribution >= 0.6 is 0 Å². The van der Waals surface area contributed by atoms with Crippen LogP contribution in [0.5, 0.6) is 0 Å². The standard InChI is InChI=1S/C19H19N3O2/c20-14-16-8-6-15(7-9-16)3-2-10-21-18-5-1-4-17(13-18)19(24)22-11-12-23/h1-9,13,21,23H,10-12H2,(H,22,24)/b3-2+. The number of hydrogen-bond acceptors (Lipinski definition) is 4. The summed E-state index contributed by atoms with van der Waals surface area (Å²) in [6, 6.07) is 16.6. The van der Waals surface area contributed by atoms with Crippen molar-refractivity contribution in [2.75, 3.05) is 25.0 Å². The second-order valence-corrected chi connectivity index (χ2v) is 5.08. The number of amides is 1. The van der Waals surface area contributed by atoms with Crippen molar-refractivity contribution in [2.45, 2.75) is 0 Å². The minimum Gasteiger partial charge on any atom is -0.395 e. The second kappa shape index (κ2) is 9.13. The van der Waals surface area contributed by atoms with Crippen molar-refractivity contribution in [2.24, 2.45) is 0 Å². The number of carbonyl (C=O) groups is 1. The number of carbonyl (C=O) groups excluding carboxylic acids is 1. The number of anilines is 1. The third-order valence-electron chi connectivity index (χ3n) is 3.30. The molecule has 0 heterocycles. The molecule has 0 saturated carbocycles. The average Bonchev–Trinajstić information content (AvgIpc) is 2.64. The molecule has 1 amide bonds. The largest absolute Gasteiger partial charge is 0.395 e. The van der Waals surface area contributed by atoms with Gasteiger partial charge in [-0.25, -0.2) is 0 Å². The number of nitrogens with zero attached hydrogens (tertiary/aromatic N) is 1. The zero-order chi connectivity index (χ0) is 17.2. The molecule has 2 aromatic rings. The van der Waals surface area contributed by atoms with Crippen LogP contribution in [-0.2, 0) is 0 Å². The first kappa shape index (κ1) is 17.3. The molecule has 5 heteroatoms. The van der Waals surface area contributed by atoms with E-state index < -0.39 is 0 Å².